The molecule has 0 N–H and O–H groups in total. The van der Waals surface area contributed by atoms with Crippen LogP contribution in [0.25, 0.3) is 82.5 Å². The van der Waals surface area contributed by atoms with Crippen LogP contribution < -0.4 is 0 Å². The van der Waals surface area contributed by atoms with E-state index in [-0.39, 0.29) is 67.9 Å². The van der Waals surface area contributed by atoms with E-state index >= 15 is 0 Å². The van der Waals surface area contributed by atoms with Crippen LogP contribution in [0, 0.1) is 0 Å². The molecule has 9 aromatic rings. The van der Waals surface area contributed by atoms with Crippen LogP contribution in [-0.4, -0.2) is 4.57 Å². The molecule has 6 aromatic carbocycles. The minimum Gasteiger partial charge on any atom is -0.456 e. The maximum Gasteiger partial charge on any atom is 0.145 e. The second-order valence-corrected chi connectivity index (χ2v) is 9.37. The van der Waals surface area contributed by atoms with E-state index in [1.165, 1.54) is 4.57 Å². The molecule has 3 aromatic heterocycles. The highest BCUT2D eigenvalue weighted by Gasteiger charge is 2.18. The van der Waals surface area contributed by atoms with Gasteiger partial charge in [0.05, 0.1) is 30.1 Å². The first-order valence-corrected chi connectivity index (χ1v) is 12.4. The van der Waals surface area contributed by atoms with Crippen molar-refractivity contribution in [2.75, 3.05) is 0 Å². The Balaban J connectivity index is 1.40. The lowest BCUT2D eigenvalue weighted by atomic mass is 9.99. The molecular formula is C36H21NO2. The number of aromatic nitrogens is 1. The van der Waals surface area contributed by atoms with Crippen molar-refractivity contribution in [3.05, 3.63) is 127 Å². The van der Waals surface area contributed by atoms with Crippen LogP contribution in [-0.2, 0) is 0 Å². The Kier molecular flexibility index (Phi) is 2.64. The fourth-order valence-electron chi connectivity index (χ4n) is 5.64. The highest BCUT2D eigenvalue weighted by atomic mass is 16.3. The Morgan fingerprint density at radius 3 is 2.23 bits per heavy atom. The number of hydrogen-bond donors (Lipinski definition) is 0. The number of para-hydroxylation sites is 3. The summed E-state index contributed by atoms with van der Waals surface area (Å²) in [5.74, 6) is 0. The Labute approximate surface area is 237 Å². The van der Waals surface area contributed by atoms with Gasteiger partial charge in [-0.1, -0.05) is 78.7 Å². The molecule has 0 aliphatic rings. The summed E-state index contributed by atoms with van der Waals surface area (Å²) in [6.45, 7) is 0. The Hall–Kier alpha value is -5.28. The van der Waals surface area contributed by atoms with Crippen molar-refractivity contribution in [2.45, 2.75) is 0 Å². The summed E-state index contributed by atoms with van der Waals surface area (Å²) in [5.41, 5.74) is 3.65. The van der Waals surface area contributed by atoms with Gasteiger partial charge < -0.3 is 13.4 Å². The summed E-state index contributed by atoms with van der Waals surface area (Å²) in [6.07, 6.45) is 0. The monoisotopic (exact) mass is 509 g/mol. The zero-order valence-electron chi connectivity index (χ0n) is 30.1. The molecule has 3 heterocycles. The van der Waals surface area contributed by atoms with Crippen molar-refractivity contribution < 1.29 is 22.5 Å². The van der Waals surface area contributed by atoms with E-state index in [1.807, 2.05) is 54.6 Å². The average molecular weight is 510 g/mol. The van der Waals surface area contributed by atoms with Crippen molar-refractivity contribution in [2.24, 2.45) is 0 Å². The van der Waals surface area contributed by atoms with Gasteiger partial charge in [-0.2, -0.15) is 0 Å². The number of hydrogen-bond acceptors (Lipinski definition) is 2. The van der Waals surface area contributed by atoms with Crippen molar-refractivity contribution in [3.8, 4) is 16.8 Å². The molecule has 0 saturated heterocycles. The Morgan fingerprint density at radius 2 is 1.31 bits per heavy atom. The maximum atomic E-state index is 9.23. The van der Waals surface area contributed by atoms with E-state index in [0.29, 0.717) is 5.69 Å². The molecule has 0 spiro atoms. The van der Waals surface area contributed by atoms with E-state index < -0.39 is 36.3 Å². The van der Waals surface area contributed by atoms with Crippen LogP contribution >= 0.6 is 0 Å². The molecule has 0 amide bonds. The van der Waals surface area contributed by atoms with Crippen molar-refractivity contribution in [3.63, 3.8) is 0 Å². The molecule has 0 aliphatic carbocycles. The Bertz CT molecular complexity index is 2940. The Morgan fingerprint density at radius 1 is 0.513 bits per heavy atom. The van der Waals surface area contributed by atoms with Crippen LogP contribution in [0.2, 0.25) is 0 Å². The topological polar surface area (TPSA) is 31.2 Å². The van der Waals surface area contributed by atoms with E-state index in [1.54, 1.807) is 12.1 Å². The van der Waals surface area contributed by atoms with Gasteiger partial charge in [0.1, 0.15) is 22.3 Å². The molecule has 3 nitrogen and oxygen atoms in total. The van der Waals surface area contributed by atoms with Gasteiger partial charge in [0.15, 0.2) is 0 Å². The van der Waals surface area contributed by atoms with Gasteiger partial charge in [-0.25, -0.2) is 0 Å². The zero-order valence-corrected chi connectivity index (χ0v) is 20.1. The third kappa shape index (κ3) is 2.82. The van der Waals surface area contributed by atoms with Gasteiger partial charge in [0.25, 0.3) is 0 Å². The van der Waals surface area contributed by atoms with Gasteiger partial charge in [0.2, 0.25) is 0 Å². The third-order valence-corrected chi connectivity index (χ3v) is 7.31. The van der Waals surface area contributed by atoms with Gasteiger partial charge in [-0.15, -0.1) is 0 Å². The predicted octanol–water partition coefficient (Wildman–Crippen LogP) is 10.2. The number of furan rings is 2. The minimum absolute atomic E-state index is 0.0262. The lowest BCUT2D eigenvalue weighted by Gasteiger charge is -2.10. The van der Waals surface area contributed by atoms with E-state index in [2.05, 4.69) is 0 Å². The normalized spacial score (nSPS) is 15.7. The van der Waals surface area contributed by atoms with Gasteiger partial charge >= 0.3 is 0 Å². The highest BCUT2D eigenvalue weighted by Crippen LogP contribution is 2.41. The molecule has 0 aliphatic heterocycles. The smallest absolute Gasteiger partial charge is 0.145 e. The fourth-order valence-corrected chi connectivity index (χ4v) is 5.64. The fraction of sp³-hybridized carbons (Fsp3) is 0. The molecule has 9 rings (SSSR count). The zero-order chi connectivity index (χ0) is 34.2. The minimum atomic E-state index is -0.519. The number of rotatable bonds is 2. The molecule has 0 radical (unpaired) electrons. The average Bonchev–Trinajstić information content (AvgIpc) is 3.81. The summed E-state index contributed by atoms with van der Waals surface area (Å²) < 4.78 is 100. The number of fused-ring (bicyclic) bond motifs is 10. The number of nitrogens with zero attached hydrogens (tertiary/aromatic N) is 1. The first kappa shape index (κ1) is 13.5. The van der Waals surface area contributed by atoms with Gasteiger partial charge in [0, 0.05) is 32.6 Å². The second kappa shape index (κ2) is 7.62. The molecule has 0 saturated carbocycles. The van der Waals surface area contributed by atoms with Gasteiger partial charge in [-0.3, -0.25) is 0 Å². The lowest BCUT2D eigenvalue weighted by molar-refractivity contribution is 0.669. The van der Waals surface area contributed by atoms with Crippen molar-refractivity contribution in [1.82, 2.24) is 4.57 Å². The van der Waals surface area contributed by atoms with Crippen LogP contribution in [0.4, 0.5) is 0 Å². The first-order valence-electron chi connectivity index (χ1n) is 17.4. The SMILES string of the molecule is [2H]c1c([2H])c([2H])c2c(oc3c2c([2H])c([2H])c2c3c3c([2H])c([2H])c([2H])c([2H])c3n2-c2ccc(-c3cccc4oc5ccccc5c34)cc2)c1[2H]. The summed E-state index contributed by atoms with van der Waals surface area (Å²) >= 11 is 0. The largest absolute Gasteiger partial charge is 0.456 e. The summed E-state index contributed by atoms with van der Waals surface area (Å²) in [7, 11) is 0. The number of benzene rings is 6. The molecule has 0 atom stereocenters. The molecule has 0 bridgehead atoms. The lowest BCUT2D eigenvalue weighted by Crippen LogP contribution is -1.93. The van der Waals surface area contributed by atoms with E-state index in [0.717, 1.165) is 33.1 Å². The van der Waals surface area contributed by atoms with Crippen LogP contribution in [0.3, 0.4) is 0 Å². The molecule has 182 valence electrons. The third-order valence-electron chi connectivity index (χ3n) is 7.31. The van der Waals surface area contributed by atoms with Crippen LogP contribution in [0.1, 0.15) is 13.7 Å². The van der Waals surface area contributed by atoms with Crippen LogP contribution in [0.15, 0.2) is 136 Å². The molecule has 3 heteroatoms. The summed E-state index contributed by atoms with van der Waals surface area (Å²) in [6, 6.07) is 16.6. The van der Waals surface area contributed by atoms with Gasteiger partial charge in [-0.05, 0) is 59.6 Å². The summed E-state index contributed by atoms with van der Waals surface area (Å²) in [4.78, 5) is 0. The van der Waals surface area contributed by atoms with E-state index in [4.69, 9.17) is 21.2 Å². The highest BCUT2D eigenvalue weighted by molar-refractivity contribution is 6.23. The van der Waals surface area contributed by atoms with E-state index in [9.17, 15) is 1.37 Å². The predicted molar refractivity (Wildman–Crippen MR) is 161 cm³/mol. The quantitative estimate of drug-likeness (QED) is 0.232. The maximum absolute atomic E-state index is 9.23. The van der Waals surface area contributed by atoms with Crippen LogP contribution in [0.5, 0.6) is 0 Å². The first-order chi connectivity index (χ1) is 23.5. The molecule has 39 heavy (non-hydrogen) atoms. The molecular weight excluding hydrogens is 478 g/mol. The standard InChI is InChI=1S/C36H21NO2/c1-4-12-29-27(9-1)35-30(21-20-26-25-8-2-5-13-31(25)39-36(26)35)37(29)23-18-16-22(17-19-23)24-11-7-15-33-34(24)28-10-3-6-14-32(28)38-33/h1-21H/i1D,2D,4D,5D,8D,9D,12D,13D,20D,21D. The molecule has 0 unspecified atom stereocenters. The van der Waals surface area contributed by atoms with Crippen molar-refractivity contribution >= 4 is 65.7 Å². The summed E-state index contributed by atoms with van der Waals surface area (Å²) in [5, 5.41) is 1.99. The second-order valence-electron chi connectivity index (χ2n) is 9.37. The van der Waals surface area contributed by atoms with Crippen molar-refractivity contribution in [1.29, 1.82) is 0 Å². The molecule has 0 fully saturated rings.